The van der Waals surface area contributed by atoms with Crippen LogP contribution in [0, 0.1) is 0 Å². The first-order chi connectivity index (χ1) is 6.62. The van der Waals surface area contributed by atoms with Crippen molar-refractivity contribution in [3.8, 4) is 0 Å². The molecule has 1 aliphatic carbocycles. The second-order valence-electron chi connectivity index (χ2n) is 3.86. The van der Waals surface area contributed by atoms with E-state index in [1.165, 1.54) is 0 Å². The molecule has 0 amide bonds. The van der Waals surface area contributed by atoms with E-state index in [2.05, 4.69) is 0 Å². The van der Waals surface area contributed by atoms with E-state index in [0.29, 0.717) is 5.02 Å². The molecule has 0 aromatic heterocycles. The van der Waals surface area contributed by atoms with E-state index in [9.17, 15) is 4.79 Å². The molecule has 1 N–H and O–H groups in total. The van der Waals surface area contributed by atoms with Gasteiger partial charge in [-0.3, -0.25) is 4.79 Å². The molecule has 0 saturated heterocycles. The molecule has 0 bridgehead atoms. The fourth-order valence-corrected chi connectivity index (χ4v) is 2.02. The quantitative estimate of drug-likeness (QED) is 0.833. The lowest BCUT2D eigenvalue weighted by Crippen LogP contribution is -2.12. The van der Waals surface area contributed by atoms with Crippen LogP contribution < -0.4 is 0 Å². The predicted octanol–water partition coefficient (Wildman–Crippen LogP) is 2.85. The number of halogens is 1. The van der Waals surface area contributed by atoms with Crippen molar-refractivity contribution in [2.45, 2.75) is 24.7 Å². The van der Waals surface area contributed by atoms with Gasteiger partial charge in [0.2, 0.25) is 0 Å². The molecule has 1 aromatic rings. The monoisotopic (exact) mass is 210 g/mol. The molecular formula is C11H11ClO2. The lowest BCUT2D eigenvalue weighted by atomic mass is 9.93. The molecule has 74 valence electrons. The summed E-state index contributed by atoms with van der Waals surface area (Å²) in [5.74, 6) is -0.734. The van der Waals surface area contributed by atoms with Crippen LogP contribution in [0.25, 0.3) is 0 Å². The summed E-state index contributed by atoms with van der Waals surface area (Å²) >= 11 is 5.87. The first-order valence-electron chi connectivity index (χ1n) is 4.60. The number of aliphatic carboxylic acids is 1. The Morgan fingerprint density at radius 2 is 2.21 bits per heavy atom. The zero-order chi connectivity index (χ0) is 10.2. The zero-order valence-corrected chi connectivity index (χ0v) is 8.42. The van der Waals surface area contributed by atoms with E-state index in [1.807, 2.05) is 24.3 Å². The summed E-state index contributed by atoms with van der Waals surface area (Å²) in [7, 11) is 0. The Balaban J connectivity index is 2.26. The van der Waals surface area contributed by atoms with Crippen LogP contribution in [0.15, 0.2) is 24.3 Å². The largest absolute Gasteiger partial charge is 0.481 e. The molecule has 1 aromatic carbocycles. The van der Waals surface area contributed by atoms with Crippen molar-refractivity contribution < 1.29 is 9.90 Å². The lowest BCUT2D eigenvalue weighted by molar-refractivity contribution is -0.137. The molecule has 3 heteroatoms. The van der Waals surface area contributed by atoms with E-state index >= 15 is 0 Å². The molecule has 0 radical (unpaired) electrons. The van der Waals surface area contributed by atoms with E-state index in [-0.39, 0.29) is 11.8 Å². The van der Waals surface area contributed by atoms with Gasteiger partial charge in [-0.05, 0) is 30.5 Å². The molecule has 0 unspecified atom stereocenters. The summed E-state index contributed by atoms with van der Waals surface area (Å²) in [6.45, 7) is 0. The molecule has 0 atom stereocenters. The van der Waals surface area contributed by atoms with Crippen molar-refractivity contribution in [3.63, 3.8) is 0 Å². The Morgan fingerprint density at radius 1 is 1.50 bits per heavy atom. The highest BCUT2D eigenvalue weighted by molar-refractivity contribution is 6.30. The second-order valence-corrected chi connectivity index (χ2v) is 4.30. The average Bonchev–Trinajstić information content (AvgIpc) is 2.84. The van der Waals surface area contributed by atoms with Crippen LogP contribution in [0.3, 0.4) is 0 Å². The number of hydrogen-bond donors (Lipinski definition) is 1. The first kappa shape index (κ1) is 9.53. The van der Waals surface area contributed by atoms with E-state index in [4.69, 9.17) is 16.7 Å². The van der Waals surface area contributed by atoms with Gasteiger partial charge in [-0.25, -0.2) is 0 Å². The second kappa shape index (κ2) is 3.28. The maximum atomic E-state index is 10.7. The van der Waals surface area contributed by atoms with Crippen molar-refractivity contribution in [3.05, 3.63) is 34.9 Å². The van der Waals surface area contributed by atoms with Gasteiger partial charge in [0.15, 0.2) is 0 Å². The van der Waals surface area contributed by atoms with Crippen LogP contribution in [0.5, 0.6) is 0 Å². The third-order valence-corrected chi connectivity index (χ3v) is 3.02. The predicted molar refractivity (Wildman–Crippen MR) is 54.6 cm³/mol. The number of carboxylic acids is 1. The maximum Gasteiger partial charge on any atom is 0.304 e. The van der Waals surface area contributed by atoms with Gasteiger partial charge in [0.05, 0.1) is 6.42 Å². The fraction of sp³-hybridized carbons (Fsp3) is 0.364. The van der Waals surface area contributed by atoms with Crippen molar-refractivity contribution in [2.24, 2.45) is 0 Å². The molecule has 0 heterocycles. The number of carbonyl (C=O) groups is 1. The summed E-state index contributed by atoms with van der Waals surface area (Å²) in [6, 6.07) is 7.51. The number of hydrogen-bond acceptors (Lipinski definition) is 1. The third-order valence-electron chi connectivity index (χ3n) is 2.78. The molecule has 1 fully saturated rings. The minimum atomic E-state index is -0.734. The van der Waals surface area contributed by atoms with Gasteiger partial charge in [-0.15, -0.1) is 0 Å². The van der Waals surface area contributed by atoms with Crippen molar-refractivity contribution in [1.29, 1.82) is 0 Å². The molecule has 0 aliphatic heterocycles. The number of rotatable bonds is 3. The smallest absolute Gasteiger partial charge is 0.304 e. The minimum absolute atomic E-state index is 0.128. The highest BCUT2D eigenvalue weighted by Crippen LogP contribution is 2.51. The molecule has 2 nitrogen and oxygen atoms in total. The Bertz CT molecular complexity index is 369. The Labute approximate surface area is 87.5 Å². The summed E-state index contributed by atoms with van der Waals surface area (Å²) in [5, 5.41) is 9.47. The summed E-state index contributed by atoms with van der Waals surface area (Å²) in [5.41, 5.74) is 0.934. The van der Waals surface area contributed by atoms with Gasteiger partial charge in [-0.2, -0.15) is 0 Å². The first-order valence-corrected chi connectivity index (χ1v) is 4.98. The minimum Gasteiger partial charge on any atom is -0.481 e. The molecule has 2 rings (SSSR count). The molecule has 0 spiro atoms. The van der Waals surface area contributed by atoms with Crippen LogP contribution in [0.4, 0.5) is 0 Å². The van der Waals surface area contributed by atoms with Crippen LogP contribution in [0.1, 0.15) is 24.8 Å². The van der Waals surface area contributed by atoms with E-state index < -0.39 is 5.97 Å². The third kappa shape index (κ3) is 1.75. The van der Waals surface area contributed by atoms with Crippen molar-refractivity contribution in [2.75, 3.05) is 0 Å². The molecular weight excluding hydrogens is 200 g/mol. The number of carboxylic acid groups (broad SMARTS) is 1. The average molecular weight is 211 g/mol. The zero-order valence-electron chi connectivity index (χ0n) is 7.66. The van der Waals surface area contributed by atoms with Gasteiger partial charge >= 0.3 is 5.97 Å². The lowest BCUT2D eigenvalue weighted by Gasteiger charge is -2.12. The van der Waals surface area contributed by atoms with Crippen LogP contribution >= 0.6 is 11.6 Å². The van der Waals surface area contributed by atoms with Gasteiger partial charge in [0, 0.05) is 10.4 Å². The van der Waals surface area contributed by atoms with Gasteiger partial charge in [0.1, 0.15) is 0 Å². The molecule has 1 aliphatic rings. The van der Waals surface area contributed by atoms with Crippen LogP contribution in [-0.2, 0) is 10.2 Å². The van der Waals surface area contributed by atoms with Gasteiger partial charge in [0.25, 0.3) is 0 Å². The Morgan fingerprint density at radius 3 is 2.71 bits per heavy atom. The van der Waals surface area contributed by atoms with Crippen molar-refractivity contribution in [1.82, 2.24) is 0 Å². The number of benzene rings is 1. The summed E-state index contributed by atoms with van der Waals surface area (Å²) in [4.78, 5) is 10.7. The summed E-state index contributed by atoms with van der Waals surface area (Å²) in [6.07, 6.45) is 2.13. The Kier molecular flexibility index (Phi) is 2.23. The standard InChI is InChI=1S/C11H11ClO2/c12-9-3-1-2-8(6-9)11(4-5-11)7-10(13)14/h1-3,6H,4-5,7H2,(H,13,14). The normalized spacial score (nSPS) is 17.8. The maximum absolute atomic E-state index is 10.7. The van der Waals surface area contributed by atoms with E-state index in [1.54, 1.807) is 0 Å². The van der Waals surface area contributed by atoms with E-state index in [0.717, 1.165) is 18.4 Å². The van der Waals surface area contributed by atoms with Crippen LogP contribution in [0.2, 0.25) is 5.02 Å². The molecule has 14 heavy (non-hydrogen) atoms. The van der Waals surface area contributed by atoms with Crippen molar-refractivity contribution >= 4 is 17.6 Å². The highest BCUT2D eigenvalue weighted by Gasteiger charge is 2.45. The fourth-order valence-electron chi connectivity index (χ4n) is 1.83. The van der Waals surface area contributed by atoms with Crippen LogP contribution in [-0.4, -0.2) is 11.1 Å². The van der Waals surface area contributed by atoms with Gasteiger partial charge in [-0.1, -0.05) is 23.7 Å². The highest BCUT2D eigenvalue weighted by atomic mass is 35.5. The topological polar surface area (TPSA) is 37.3 Å². The Hall–Kier alpha value is -1.02. The van der Waals surface area contributed by atoms with Gasteiger partial charge < -0.3 is 5.11 Å². The SMILES string of the molecule is O=C(O)CC1(c2cccc(Cl)c2)CC1. The summed E-state index contributed by atoms with van der Waals surface area (Å²) < 4.78 is 0. The molecule has 1 saturated carbocycles.